The molecule has 0 N–H and O–H groups in total. The second kappa shape index (κ2) is 6.73. The van der Waals surface area contributed by atoms with E-state index in [0.717, 1.165) is 11.3 Å². The number of halogens is 2. The fourth-order valence-electron chi connectivity index (χ4n) is 3.23. The van der Waals surface area contributed by atoms with Gasteiger partial charge in [-0.15, -0.1) is 5.10 Å². The van der Waals surface area contributed by atoms with Gasteiger partial charge in [-0.25, -0.2) is 4.39 Å². The second-order valence-corrected chi connectivity index (χ2v) is 6.19. The number of hydrogen-bond donors (Lipinski definition) is 0. The summed E-state index contributed by atoms with van der Waals surface area (Å²) in [6, 6.07) is 7.81. The van der Waals surface area contributed by atoms with Crippen molar-refractivity contribution in [3.05, 3.63) is 53.1 Å². The first-order chi connectivity index (χ1) is 11.5. The van der Waals surface area contributed by atoms with Crippen molar-refractivity contribution in [2.75, 3.05) is 25.1 Å². The zero-order valence-corrected chi connectivity index (χ0v) is 14.0. The number of esters is 1. The lowest BCUT2D eigenvalue weighted by molar-refractivity contribution is -0.148. The van der Waals surface area contributed by atoms with Gasteiger partial charge in [0, 0.05) is 19.2 Å². The average Bonchev–Trinajstić information content (AvgIpc) is 2.61. The monoisotopic (exact) mass is 349 g/mol. The van der Waals surface area contributed by atoms with Gasteiger partial charge in [0.15, 0.2) is 5.15 Å². The lowest BCUT2D eigenvalue weighted by atomic mass is 9.72. The number of anilines is 1. The first-order valence-corrected chi connectivity index (χ1v) is 8.00. The highest BCUT2D eigenvalue weighted by atomic mass is 35.5. The zero-order valence-electron chi connectivity index (χ0n) is 13.2. The second-order valence-electron chi connectivity index (χ2n) is 5.80. The number of aromatic nitrogens is 2. The largest absolute Gasteiger partial charge is 0.468 e. The normalized spacial score (nSPS) is 16.7. The molecular weight excluding hydrogens is 333 g/mol. The highest BCUT2D eigenvalue weighted by molar-refractivity contribution is 6.29. The fourth-order valence-corrected chi connectivity index (χ4v) is 3.38. The first-order valence-electron chi connectivity index (χ1n) is 7.63. The van der Waals surface area contributed by atoms with Crippen molar-refractivity contribution in [3.63, 3.8) is 0 Å². The van der Waals surface area contributed by atoms with Gasteiger partial charge in [-0.05, 0) is 30.5 Å². The SMILES string of the molecule is COC(=O)C1(c2ccc(F)cc2)CCN(c2cnnc(Cl)c2)CC1. The van der Waals surface area contributed by atoms with Crippen LogP contribution >= 0.6 is 11.6 Å². The van der Waals surface area contributed by atoms with Crippen LogP contribution in [0.3, 0.4) is 0 Å². The number of benzene rings is 1. The molecule has 7 heteroatoms. The molecule has 2 heterocycles. The van der Waals surface area contributed by atoms with E-state index in [2.05, 4.69) is 15.1 Å². The highest BCUT2D eigenvalue weighted by Gasteiger charge is 2.44. The predicted octanol–water partition coefficient (Wildman–Crippen LogP) is 2.98. The molecule has 126 valence electrons. The molecule has 5 nitrogen and oxygen atoms in total. The smallest absolute Gasteiger partial charge is 0.316 e. The number of carbonyl (C=O) groups is 1. The topological polar surface area (TPSA) is 55.3 Å². The molecule has 1 aromatic carbocycles. The van der Waals surface area contributed by atoms with Gasteiger partial charge >= 0.3 is 5.97 Å². The quantitative estimate of drug-likeness (QED) is 0.797. The predicted molar refractivity (Wildman–Crippen MR) is 88.6 cm³/mol. The highest BCUT2D eigenvalue weighted by Crippen LogP contribution is 2.38. The van der Waals surface area contributed by atoms with Crippen LogP contribution in [0.4, 0.5) is 10.1 Å². The molecule has 0 aliphatic carbocycles. The average molecular weight is 350 g/mol. The van der Waals surface area contributed by atoms with E-state index in [1.165, 1.54) is 19.2 Å². The van der Waals surface area contributed by atoms with Crippen LogP contribution in [0, 0.1) is 5.82 Å². The number of ether oxygens (including phenoxy) is 1. The third-order valence-electron chi connectivity index (χ3n) is 4.57. The van der Waals surface area contributed by atoms with E-state index >= 15 is 0 Å². The molecule has 1 aliphatic rings. The Balaban J connectivity index is 1.86. The molecule has 0 bridgehead atoms. The van der Waals surface area contributed by atoms with Crippen molar-refractivity contribution < 1.29 is 13.9 Å². The van der Waals surface area contributed by atoms with Crippen molar-refractivity contribution in [3.8, 4) is 0 Å². The Bertz CT molecular complexity index is 731. The van der Waals surface area contributed by atoms with Gasteiger partial charge in [-0.2, -0.15) is 5.10 Å². The van der Waals surface area contributed by atoms with Gasteiger partial charge < -0.3 is 9.64 Å². The summed E-state index contributed by atoms with van der Waals surface area (Å²) in [5.74, 6) is -0.617. The van der Waals surface area contributed by atoms with E-state index in [1.54, 1.807) is 24.4 Å². The van der Waals surface area contributed by atoms with Crippen LogP contribution in [-0.2, 0) is 14.9 Å². The van der Waals surface area contributed by atoms with Crippen LogP contribution in [0.1, 0.15) is 18.4 Å². The molecule has 0 atom stereocenters. The first kappa shape index (κ1) is 16.6. The van der Waals surface area contributed by atoms with Gasteiger partial charge in [0.25, 0.3) is 0 Å². The summed E-state index contributed by atoms with van der Waals surface area (Å²) in [5, 5.41) is 7.93. The van der Waals surface area contributed by atoms with Gasteiger partial charge in [-0.3, -0.25) is 4.79 Å². The van der Waals surface area contributed by atoms with Crippen molar-refractivity contribution in [2.45, 2.75) is 18.3 Å². The Kier molecular flexibility index (Phi) is 4.66. The van der Waals surface area contributed by atoms with Crippen LogP contribution in [0.2, 0.25) is 5.15 Å². The molecule has 24 heavy (non-hydrogen) atoms. The Morgan fingerprint density at radius 3 is 2.54 bits per heavy atom. The molecule has 1 saturated heterocycles. The summed E-state index contributed by atoms with van der Waals surface area (Å²) in [7, 11) is 1.38. The van der Waals surface area contributed by atoms with E-state index in [4.69, 9.17) is 16.3 Å². The number of nitrogens with zero attached hydrogens (tertiary/aromatic N) is 3. The van der Waals surface area contributed by atoms with E-state index < -0.39 is 5.41 Å². The molecule has 0 unspecified atom stereocenters. The molecule has 0 radical (unpaired) electrons. The number of hydrogen-bond acceptors (Lipinski definition) is 5. The minimum absolute atomic E-state index is 0.292. The van der Waals surface area contributed by atoms with Crippen molar-refractivity contribution in [1.29, 1.82) is 0 Å². The van der Waals surface area contributed by atoms with Crippen LogP contribution in [-0.4, -0.2) is 36.4 Å². The lowest BCUT2D eigenvalue weighted by Gasteiger charge is -2.40. The summed E-state index contributed by atoms with van der Waals surface area (Å²) in [6.07, 6.45) is 2.77. The van der Waals surface area contributed by atoms with Gasteiger partial charge in [-0.1, -0.05) is 23.7 Å². The van der Waals surface area contributed by atoms with Crippen molar-refractivity contribution >= 4 is 23.3 Å². The minimum atomic E-state index is -0.761. The maximum Gasteiger partial charge on any atom is 0.316 e. The fraction of sp³-hybridized carbons (Fsp3) is 0.353. The van der Waals surface area contributed by atoms with Gasteiger partial charge in [0.1, 0.15) is 5.82 Å². The third-order valence-corrected chi connectivity index (χ3v) is 4.75. The molecule has 0 amide bonds. The zero-order chi connectivity index (χ0) is 17.2. The Morgan fingerprint density at radius 2 is 1.96 bits per heavy atom. The van der Waals surface area contributed by atoms with E-state index in [9.17, 15) is 9.18 Å². The number of methoxy groups -OCH3 is 1. The number of carbonyl (C=O) groups excluding carboxylic acids is 1. The molecule has 1 aromatic heterocycles. The summed E-state index contributed by atoms with van der Waals surface area (Å²) < 4.78 is 18.3. The van der Waals surface area contributed by atoms with Crippen molar-refractivity contribution in [2.24, 2.45) is 0 Å². The van der Waals surface area contributed by atoms with Crippen LogP contribution in [0.25, 0.3) is 0 Å². The Morgan fingerprint density at radius 1 is 1.29 bits per heavy atom. The summed E-state index contributed by atoms with van der Waals surface area (Å²) in [5.41, 5.74) is 0.886. The molecule has 2 aromatic rings. The summed E-state index contributed by atoms with van der Waals surface area (Å²) >= 11 is 5.89. The molecule has 1 aliphatic heterocycles. The Hall–Kier alpha value is -2.21. The molecule has 1 fully saturated rings. The Labute approximate surface area is 144 Å². The molecule has 0 spiro atoms. The van der Waals surface area contributed by atoms with E-state index in [1.807, 2.05) is 0 Å². The maximum atomic E-state index is 13.2. The van der Waals surface area contributed by atoms with E-state index in [0.29, 0.717) is 31.1 Å². The lowest BCUT2D eigenvalue weighted by Crippen LogP contribution is -2.48. The standard InChI is InChI=1S/C17H17ClFN3O2/c1-24-16(23)17(12-2-4-13(19)5-3-12)6-8-22(9-7-17)14-10-15(18)21-20-11-14/h2-5,10-11H,6-9H2,1H3. The molecule has 3 rings (SSSR count). The van der Waals surface area contributed by atoms with Crippen molar-refractivity contribution in [1.82, 2.24) is 10.2 Å². The molecule has 0 saturated carbocycles. The van der Waals surface area contributed by atoms with Gasteiger partial charge in [0.2, 0.25) is 0 Å². The third kappa shape index (κ3) is 3.06. The molecular formula is C17H17ClFN3O2. The van der Waals surface area contributed by atoms with Gasteiger partial charge in [0.05, 0.1) is 24.4 Å². The van der Waals surface area contributed by atoms with E-state index in [-0.39, 0.29) is 11.8 Å². The number of piperidine rings is 1. The minimum Gasteiger partial charge on any atom is -0.468 e. The van der Waals surface area contributed by atoms with Crippen LogP contribution in [0.5, 0.6) is 0 Å². The van der Waals surface area contributed by atoms with Crippen LogP contribution in [0.15, 0.2) is 36.5 Å². The summed E-state index contributed by atoms with van der Waals surface area (Å²) in [6.45, 7) is 1.27. The summed E-state index contributed by atoms with van der Waals surface area (Å²) in [4.78, 5) is 14.6. The van der Waals surface area contributed by atoms with Crippen LogP contribution < -0.4 is 4.90 Å². The maximum absolute atomic E-state index is 13.2. The number of rotatable bonds is 3.